The molecule has 1 fully saturated rings. The normalized spacial score (nSPS) is 18.1. The fourth-order valence-corrected chi connectivity index (χ4v) is 4.98. The molecule has 0 radical (unpaired) electrons. The molecule has 120 valence electrons. The molecule has 1 heterocycles. The van der Waals surface area contributed by atoms with Crippen LogP contribution in [0.2, 0.25) is 0 Å². The average Bonchev–Trinajstić information content (AvgIpc) is 2.82. The molecular weight excluding hydrogens is 348 g/mol. The van der Waals surface area contributed by atoms with E-state index in [4.69, 9.17) is 0 Å². The van der Waals surface area contributed by atoms with Crippen LogP contribution in [0.1, 0.15) is 57.3 Å². The number of thioether (sulfide) groups is 1. The first-order chi connectivity index (χ1) is 10.2. The van der Waals surface area contributed by atoms with Gasteiger partial charge in [0.15, 0.2) is 0 Å². The van der Waals surface area contributed by atoms with E-state index in [-0.39, 0.29) is 6.10 Å². The molecule has 0 amide bonds. The molecule has 1 atom stereocenters. The van der Waals surface area contributed by atoms with Crippen LogP contribution in [-0.4, -0.2) is 32.0 Å². The van der Waals surface area contributed by atoms with Crippen molar-refractivity contribution in [3.05, 3.63) is 15.9 Å². The largest absolute Gasteiger partial charge is 0.392 e. The SMILES string of the molecule is CCc1nn(CC)c(CC(O)CSC2CCCCC2)c1Br. The van der Waals surface area contributed by atoms with Crippen molar-refractivity contribution >= 4 is 27.7 Å². The first-order valence-electron chi connectivity index (χ1n) is 8.19. The first kappa shape index (κ1) is 17.4. The van der Waals surface area contributed by atoms with Crippen molar-refractivity contribution in [3.63, 3.8) is 0 Å². The zero-order valence-corrected chi connectivity index (χ0v) is 15.5. The van der Waals surface area contributed by atoms with Crippen molar-refractivity contribution in [1.29, 1.82) is 0 Å². The van der Waals surface area contributed by atoms with Gasteiger partial charge in [-0.15, -0.1) is 0 Å². The summed E-state index contributed by atoms with van der Waals surface area (Å²) in [5, 5.41) is 15.7. The van der Waals surface area contributed by atoms with Crippen LogP contribution in [0.15, 0.2) is 4.47 Å². The zero-order valence-electron chi connectivity index (χ0n) is 13.1. The van der Waals surface area contributed by atoms with E-state index in [0.29, 0.717) is 6.42 Å². The second kappa shape index (κ2) is 8.59. The minimum absolute atomic E-state index is 0.278. The third kappa shape index (κ3) is 4.73. The first-order valence-corrected chi connectivity index (χ1v) is 10.0. The molecule has 0 aromatic carbocycles. The molecule has 1 aromatic heterocycles. The van der Waals surface area contributed by atoms with E-state index in [1.165, 1.54) is 32.1 Å². The highest BCUT2D eigenvalue weighted by Crippen LogP contribution is 2.30. The van der Waals surface area contributed by atoms with E-state index in [1.807, 2.05) is 16.4 Å². The zero-order chi connectivity index (χ0) is 15.2. The fraction of sp³-hybridized carbons (Fsp3) is 0.812. The molecule has 1 saturated carbocycles. The van der Waals surface area contributed by atoms with Crippen molar-refractivity contribution in [3.8, 4) is 0 Å². The highest BCUT2D eigenvalue weighted by Gasteiger charge is 2.19. The standard InChI is InChI=1S/C16H27BrN2OS/c1-3-14-16(17)15(19(4-2)18-14)10-12(20)11-21-13-8-6-5-7-9-13/h12-13,20H,3-11H2,1-2H3. The van der Waals surface area contributed by atoms with Gasteiger partial charge in [-0.05, 0) is 42.1 Å². The van der Waals surface area contributed by atoms with Gasteiger partial charge in [0.2, 0.25) is 0 Å². The Balaban J connectivity index is 1.89. The molecule has 1 N–H and O–H groups in total. The number of aliphatic hydroxyl groups is 1. The lowest BCUT2D eigenvalue weighted by Gasteiger charge is -2.22. The molecule has 21 heavy (non-hydrogen) atoms. The molecule has 1 aliphatic rings. The van der Waals surface area contributed by atoms with Crippen molar-refractivity contribution in [2.75, 3.05) is 5.75 Å². The van der Waals surface area contributed by atoms with Crippen LogP contribution in [0.25, 0.3) is 0 Å². The summed E-state index contributed by atoms with van der Waals surface area (Å²) in [7, 11) is 0. The summed E-state index contributed by atoms with van der Waals surface area (Å²) >= 11 is 5.62. The van der Waals surface area contributed by atoms with E-state index in [2.05, 4.69) is 34.9 Å². The maximum atomic E-state index is 10.4. The highest BCUT2D eigenvalue weighted by molar-refractivity contribution is 9.10. The van der Waals surface area contributed by atoms with E-state index >= 15 is 0 Å². The van der Waals surface area contributed by atoms with Crippen molar-refractivity contribution < 1.29 is 5.11 Å². The number of aliphatic hydroxyl groups excluding tert-OH is 1. The summed E-state index contributed by atoms with van der Waals surface area (Å²) < 4.78 is 3.12. The summed E-state index contributed by atoms with van der Waals surface area (Å²) in [6.45, 7) is 5.08. The number of rotatable bonds is 7. The quantitative estimate of drug-likeness (QED) is 0.776. The molecule has 3 nitrogen and oxygen atoms in total. The van der Waals surface area contributed by atoms with Crippen molar-refractivity contribution in [2.24, 2.45) is 0 Å². The number of aromatic nitrogens is 2. The Morgan fingerprint density at radius 2 is 2.05 bits per heavy atom. The molecule has 1 aliphatic carbocycles. The number of nitrogens with zero attached hydrogens (tertiary/aromatic N) is 2. The fourth-order valence-electron chi connectivity index (χ4n) is 2.97. The van der Waals surface area contributed by atoms with Crippen molar-refractivity contribution in [2.45, 2.75) is 76.7 Å². The van der Waals surface area contributed by atoms with Crippen LogP contribution in [0.4, 0.5) is 0 Å². The van der Waals surface area contributed by atoms with Crippen molar-refractivity contribution in [1.82, 2.24) is 9.78 Å². The Labute approximate surface area is 141 Å². The maximum Gasteiger partial charge on any atom is 0.0766 e. The van der Waals surface area contributed by atoms with Gasteiger partial charge in [-0.2, -0.15) is 16.9 Å². The van der Waals surface area contributed by atoms with Crippen LogP contribution < -0.4 is 0 Å². The number of hydrogen-bond acceptors (Lipinski definition) is 3. The predicted molar refractivity (Wildman–Crippen MR) is 94.0 cm³/mol. The predicted octanol–water partition coefficient (Wildman–Crippen LogP) is 4.20. The Morgan fingerprint density at radius 3 is 2.67 bits per heavy atom. The average molecular weight is 375 g/mol. The van der Waals surface area contributed by atoms with E-state index in [0.717, 1.165) is 39.8 Å². The second-order valence-corrected chi connectivity index (χ2v) is 7.95. The molecule has 0 saturated heterocycles. The summed E-state index contributed by atoms with van der Waals surface area (Å²) in [5.41, 5.74) is 2.24. The molecule has 0 spiro atoms. The topological polar surface area (TPSA) is 38.0 Å². The van der Waals surface area contributed by atoms with Gasteiger partial charge < -0.3 is 5.11 Å². The number of hydrogen-bond donors (Lipinski definition) is 1. The highest BCUT2D eigenvalue weighted by atomic mass is 79.9. The van der Waals surface area contributed by atoms with Gasteiger partial charge in [-0.3, -0.25) is 4.68 Å². The number of halogens is 1. The molecular formula is C16H27BrN2OS. The monoisotopic (exact) mass is 374 g/mol. The maximum absolute atomic E-state index is 10.4. The summed E-state index contributed by atoms with van der Waals surface area (Å²) in [6.07, 6.45) is 8.11. The van der Waals surface area contributed by atoms with Gasteiger partial charge in [0.1, 0.15) is 0 Å². The van der Waals surface area contributed by atoms with Crippen LogP contribution in [-0.2, 0) is 19.4 Å². The molecule has 2 rings (SSSR count). The molecule has 1 aromatic rings. The van der Waals surface area contributed by atoms with Gasteiger partial charge in [0.25, 0.3) is 0 Å². The van der Waals surface area contributed by atoms with Crippen LogP contribution >= 0.6 is 27.7 Å². The minimum Gasteiger partial charge on any atom is -0.392 e. The molecule has 5 heteroatoms. The lowest BCUT2D eigenvalue weighted by molar-refractivity contribution is 0.196. The third-order valence-electron chi connectivity index (χ3n) is 4.20. The molecule has 1 unspecified atom stereocenters. The van der Waals surface area contributed by atoms with Gasteiger partial charge in [-0.1, -0.05) is 26.2 Å². The van der Waals surface area contributed by atoms with Crippen LogP contribution in [0.5, 0.6) is 0 Å². The number of aryl methyl sites for hydroxylation is 2. The second-order valence-electron chi connectivity index (χ2n) is 5.83. The van der Waals surface area contributed by atoms with Gasteiger partial charge >= 0.3 is 0 Å². The van der Waals surface area contributed by atoms with Gasteiger partial charge in [0, 0.05) is 24.0 Å². The Kier molecular flexibility index (Phi) is 7.10. The summed E-state index contributed by atoms with van der Waals surface area (Å²) in [6, 6.07) is 0. The molecule has 0 bridgehead atoms. The Bertz CT molecular complexity index is 444. The Morgan fingerprint density at radius 1 is 1.33 bits per heavy atom. The smallest absolute Gasteiger partial charge is 0.0766 e. The third-order valence-corrected chi connectivity index (χ3v) is 6.64. The lowest BCUT2D eigenvalue weighted by atomic mass is 10.0. The summed E-state index contributed by atoms with van der Waals surface area (Å²) in [5.74, 6) is 0.841. The van der Waals surface area contributed by atoms with Gasteiger partial charge in [-0.25, -0.2) is 0 Å². The van der Waals surface area contributed by atoms with E-state index in [1.54, 1.807) is 0 Å². The van der Waals surface area contributed by atoms with E-state index in [9.17, 15) is 5.11 Å². The van der Waals surface area contributed by atoms with Crippen LogP contribution in [0.3, 0.4) is 0 Å². The summed E-state index contributed by atoms with van der Waals surface area (Å²) in [4.78, 5) is 0. The lowest BCUT2D eigenvalue weighted by Crippen LogP contribution is -2.19. The minimum atomic E-state index is -0.278. The van der Waals surface area contributed by atoms with E-state index < -0.39 is 0 Å². The van der Waals surface area contributed by atoms with Crippen LogP contribution in [0, 0.1) is 0 Å². The van der Waals surface area contributed by atoms with Gasteiger partial charge in [0.05, 0.1) is 22.0 Å². The Hall–Kier alpha value is -0.000000000000000111. The molecule has 0 aliphatic heterocycles.